The van der Waals surface area contributed by atoms with Gasteiger partial charge >= 0.3 is 0 Å². The topological polar surface area (TPSA) is 67.5 Å². The number of hydrogen-bond acceptors (Lipinski definition) is 5. The van der Waals surface area contributed by atoms with Gasteiger partial charge in [-0.2, -0.15) is 5.10 Å². The van der Waals surface area contributed by atoms with Crippen molar-refractivity contribution in [1.29, 1.82) is 0 Å². The number of hydrogen-bond donors (Lipinski definition) is 1. The van der Waals surface area contributed by atoms with Crippen molar-refractivity contribution in [1.82, 2.24) is 10.4 Å². The van der Waals surface area contributed by atoms with Gasteiger partial charge in [-0.1, -0.05) is 18.2 Å². The van der Waals surface area contributed by atoms with Crippen molar-refractivity contribution in [3.05, 3.63) is 77.1 Å². The fourth-order valence-electron chi connectivity index (χ4n) is 2.64. The van der Waals surface area contributed by atoms with Crippen molar-refractivity contribution in [3.63, 3.8) is 0 Å². The van der Waals surface area contributed by atoms with Crippen LogP contribution in [-0.4, -0.2) is 17.1 Å². The molecule has 3 aromatic heterocycles. The number of furan rings is 1. The number of benzene rings is 1. The summed E-state index contributed by atoms with van der Waals surface area (Å²) in [6.45, 7) is 2.05. The minimum absolute atomic E-state index is 0.280. The Morgan fingerprint density at radius 3 is 2.88 bits per heavy atom. The van der Waals surface area contributed by atoms with Crippen molar-refractivity contribution in [3.8, 4) is 10.6 Å². The van der Waals surface area contributed by atoms with Gasteiger partial charge < -0.3 is 4.42 Å². The molecule has 4 rings (SSSR count). The molecule has 0 aliphatic rings. The Morgan fingerprint density at radius 2 is 2.12 bits per heavy atom. The summed E-state index contributed by atoms with van der Waals surface area (Å²) in [6, 6.07) is 15.3. The van der Waals surface area contributed by atoms with E-state index in [0.29, 0.717) is 5.56 Å². The zero-order valence-electron chi connectivity index (χ0n) is 14.0. The smallest absolute Gasteiger partial charge is 0.272 e. The van der Waals surface area contributed by atoms with Gasteiger partial charge in [0, 0.05) is 15.8 Å². The van der Waals surface area contributed by atoms with Gasteiger partial charge in [0.1, 0.15) is 0 Å². The van der Waals surface area contributed by atoms with Crippen LogP contribution >= 0.6 is 11.3 Å². The molecule has 4 aromatic rings. The first-order valence-corrected chi connectivity index (χ1v) is 8.84. The highest BCUT2D eigenvalue weighted by Gasteiger charge is 2.14. The number of fused-ring (bicyclic) bond motifs is 1. The van der Waals surface area contributed by atoms with Crippen LogP contribution in [0.2, 0.25) is 0 Å². The number of carbonyl (C=O) groups is 1. The number of carbonyl (C=O) groups excluding carboxylic acids is 1. The van der Waals surface area contributed by atoms with Crippen molar-refractivity contribution in [2.45, 2.75) is 6.92 Å². The number of amides is 1. The number of pyridine rings is 1. The highest BCUT2D eigenvalue weighted by atomic mass is 32.1. The molecule has 0 aliphatic heterocycles. The number of aromatic nitrogens is 1. The van der Waals surface area contributed by atoms with E-state index < -0.39 is 0 Å². The van der Waals surface area contributed by atoms with Gasteiger partial charge in [0.15, 0.2) is 0 Å². The number of thiophene rings is 1. The molecule has 6 heteroatoms. The van der Waals surface area contributed by atoms with Crippen LogP contribution in [0, 0.1) is 6.92 Å². The van der Waals surface area contributed by atoms with Crippen LogP contribution in [0.25, 0.3) is 21.5 Å². The van der Waals surface area contributed by atoms with Gasteiger partial charge in [-0.15, -0.1) is 11.3 Å². The summed E-state index contributed by atoms with van der Waals surface area (Å²) in [5.74, 6) is -0.280. The minimum Gasteiger partial charge on any atom is -0.472 e. The fraction of sp³-hybridized carbons (Fsp3) is 0.0500. The third kappa shape index (κ3) is 3.27. The van der Waals surface area contributed by atoms with Crippen LogP contribution in [0.4, 0.5) is 0 Å². The van der Waals surface area contributed by atoms with Crippen LogP contribution in [-0.2, 0) is 0 Å². The van der Waals surface area contributed by atoms with E-state index in [9.17, 15) is 4.79 Å². The molecule has 0 aliphatic carbocycles. The van der Waals surface area contributed by atoms with Gasteiger partial charge in [0.2, 0.25) is 0 Å². The summed E-state index contributed by atoms with van der Waals surface area (Å²) in [7, 11) is 0. The predicted octanol–water partition coefficient (Wildman–Crippen LogP) is 4.63. The molecule has 0 radical (unpaired) electrons. The Hall–Kier alpha value is -3.25. The summed E-state index contributed by atoms with van der Waals surface area (Å²) >= 11 is 1.65. The number of nitrogens with zero attached hydrogens (tertiary/aromatic N) is 2. The lowest BCUT2D eigenvalue weighted by molar-refractivity contribution is 0.0956. The summed E-state index contributed by atoms with van der Waals surface area (Å²) in [5.41, 5.74) is 5.46. The highest BCUT2D eigenvalue weighted by molar-refractivity contribution is 7.15. The van der Waals surface area contributed by atoms with Gasteiger partial charge in [-0.3, -0.25) is 4.79 Å². The lowest BCUT2D eigenvalue weighted by Gasteiger charge is -2.07. The molecule has 0 saturated carbocycles. The second kappa shape index (κ2) is 6.93. The number of nitrogens with one attached hydrogen (secondary N) is 1. The molecular formula is C20H15N3O2S. The van der Waals surface area contributed by atoms with Gasteiger partial charge in [0.25, 0.3) is 5.91 Å². The lowest BCUT2D eigenvalue weighted by Crippen LogP contribution is -2.18. The molecule has 0 spiro atoms. The number of aryl methyl sites for hydroxylation is 1. The normalized spacial score (nSPS) is 11.3. The van der Waals surface area contributed by atoms with Crippen LogP contribution in [0.1, 0.15) is 20.8 Å². The van der Waals surface area contributed by atoms with E-state index in [0.717, 1.165) is 27.0 Å². The molecule has 1 aromatic carbocycles. The maximum Gasteiger partial charge on any atom is 0.272 e. The zero-order valence-corrected chi connectivity index (χ0v) is 14.8. The van der Waals surface area contributed by atoms with Crippen molar-refractivity contribution in [2.24, 2.45) is 5.10 Å². The average Bonchev–Trinajstić information content (AvgIpc) is 3.32. The molecular weight excluding hydrogens is 346 g/mol. The second-order valence-corrected chi connectivity index (χ2v) is 7.03. The molecule has 0 bridgehead atoms. The van der Waals surface area contributed by atoms with Crippen LogP contribution in [0.3, 0.4) is 0 Å². The molecule has 0 atom stereocenters. The molecule has 0 saturated heterocycles. The zero-order chi connectivity index (χ0) is 17.9. The summed E-state index contributed by atoms with van der Waals surface area (Å²) in [6.07, 6.45) is 4.64. The van der Waals surface area contributed by atoms with Crippen LogP contribution in [0.5, 0.6) is 0 Å². The van der Waals surface area contributed by atoms with Crippen LogP contribution < -0.4 is 5.43 Å². The average molecular weight is 361 g/mol. The fourth-order valence-corrected chi connectivity index (χ4v) is 3.46. The van der Waals surface area contributed by atoms with Gasteiger partial charge in [0.05, 0.1) is 40.4 Å². The summed E-state index contributed by atoms with van der Waals surface area (Å²) in [4.78, 5) is 19.6. The molecule has 0 fully saturated rings. The van der Waals surface area contributed by atoms with E-state index in [1.165, 1.54) is 11.1 Å². The maximum atomic E-state index is 12.7. The van der Waals surface area contributed by atoms with Gasteiger partial charge in [-0.05, 0) is 37.3 Å². The number of para-hydroxylation sites is 1. The van der Waals surface area contributed by atoms with Crippen molar-refractivity contribution < 1.29 is 9.21 Å². The molecule has 1 N–H and O–H groups in total. The van der Waals surface area contributed by atoms with Crippen molar-refractivity contribution in [2.75, 3.05) is 0 Å². The molecule has 0 unspecified atom stereocenters. The Morgan fingerprint density at radius 1 is 1.23 bits per heavy atom. The standard InChI is InChI=1S/C20H15N3O2S/c1-13-6-7-19(26-13)18-10-16(15-4-2-3-5-17(15)22-18)20(24)23-21-11-14-8-9-25-12-14/h2-12H,1H3,(H,23,24). The lowest BCUT2D eigenvalue weighted by atomic mass is 10.1. The molecule has 26 heavy (non-hydrogen) atoms. The number of rotatable bonds is 4. The summed E-state index contributed by atoms with van der Waals surface area (Å²) < 4.78 is 4.97. The van der Waals surface area contributed by atoms with E-state index in [1.54, 1.807) is 29.9 Å². The largest absolute Gasteiger partial charge is 0.472 e. The first kappa shape index (κ1) is 16.2. The first-order valence-electron chi connectivity index (χ1n) is 8.03. The third-order valence-electron chi connectivity index (χ3n) is 3.88. The predicted molar refractivity (Wildman–Crippen MR) is 104 cm³/mol. The quantitative estimate of drug-likeness (QED) is 0.426. The number of hydrazone groups is 1. The monoisotopic (exact) mass is 361 g/mol. The first-order chi connectivity index (χ1) is 12.7. The van der Waals surface area contributed by atoms with Crippen LogP contribution in [0.15, 0.2) is 70.6 Å². The Balaban J connectivity index is 1.71. The Kier molecular flexibility index (Phi) is 4.33. The molecule has 128 valence electrons. The SMILES string of the molecule is Cc1ccc(-c2cc(C(=O)NN=Cc3ccoc3)c3ccccc3n2)s1. The van der Waals surface area contributed by atoms with E-state index in [4.69, 9.17) is 9.40 Å². The van der Waals surface area contributed by atoms with E-state index in [2.05, 4.69) is 10.5 Å². The Bertz CT molecular complexity index is 1100. The maximum absolute atomic E-state index is 12.7. The molecule has 1 amide bonds. The van der Waals surface area contributed by atoms with E-state index in [1.807, 2.05) is 49.4 Å². The Labute approximate surface area is 154 Å². The van der Waals surface area contributed by atoms with E-state index in [-0.39, 0.29) is 5.91 Å². The summed E-state index contributed by atoms with van der Waals surface area (Å²) in [5, 5.41) is 4.79. The second-order valence-electron chi connectivity index (χ2n) is 5.74. The highest BCUT2D eigenvalue weighted by Crippen LogP contribution is 2.29. The van der Waals surface area contributed by atoms with Gasteiger partial charge in [-0.25, -0.2) is 10.4 Å². The molecule has 3 heterocycles. The molecule has 5 nitrogen and oxygen atoms in total. The minimum atomic E-state index is -0.280. The van der Waals surface area contributed by atoms with Crippen molar-refractivity contribution >= 4 is 34.4 Å². The third-order valence-corrected chi connectivity index (χ3v) is 4.90. The van der Waals surface area contributed by atoms with E-state index >= 15 is 0 Å².